The minimum absolute atomic E-state index is 0.170. The fourth-order valence-corrected chi connectivity index (χ4v) is 5.66. The third-order valence-corrected chi connectivity index (χ3v) is 6.53. The Bertz CT molecular complexity index is 645. The van der Waals surface area contributed by atoms with E-state index in [1.54, 1.807) is 22.8 Å². The van der Waals surface area contributed by atoms with E-state index in [2.05, 4.69) is 4.72 Å². The van der Waals surface area contributed by atoms with Crippen LogP contribution in [0.5, 0.6) is 0 Å². The van der Waals surface area contributed by atoms with Gasteiger partial charge in [0.25, 0.3) is 0 Å². The van der Waals surface area contributed by atoms with Crippen LogP contribution in [-0.2, 0) is 16.6 Å². The minimum atomic E-state index is -3.54. The van der Waals surface area contributed by atoms with Crippen molar-refractivity contribution in [3.63, 3.8) is 0 Å². The van der Waals surface area contributed by atoms with E-state index < -0.39 is 10.0 Å². The quantitative estimate of drug-likeness (QED) is 0.855. The lowest BCUT2D eigenvalue weighted by Gasteiger charge is -2.21. The summed E-state index contributed by atoms with van der Waals surface area (Å²) >= 11 is 2.93. The zero-order valence-electron chi connectivity index (χ0n) is 11.4. The zero-order valence-corrected chi connectivity index (χ0v) is 13.8. The molecule has 7 heteroatoms. The second-order valence-corrected chi connectivity index (χ2v) is 8.43. The predicted octanol–water partition coefficient (Wildman–Crippen LogP) is 2.94. The number of nitrogens with one attached hydrogen (secondary N) is 1. The number of nitrogens with two attached hydrogens (primary N) is 1. The summed E-state index contributed by atoms with van der Waals surface area (Å²) in [4.78, 5) is 2.01. The van der Waals surface area contributed by atoms with Gasteiger partial charge in [-0.1, -0.05) is 19.9 Å². The molecular weight excluding hydrogens is 312 g/mol. The van der Waals surface area contributed by atoms with Gasteiger partial charge in [0, 0.05) is 16.3 Å². The first-order valence-corrected chi connectivity index (χ1v) is 9.52. The summed E-state index contributed by atoms with van der Waals surface area (Å²) in [5.41, 5.74) is 5.60. The Balaban J connectivity index is 2.31. The molecule has 0 spiro atoms. The Labute approximate surface area is 127 Å². The van der Waals surface area contributed by atoms with Crippen LogP contribution in [0.25, 0.3) is 0 Å². The second kappa shape index (κ2) is 6.36. The third-order valence-electron chi connectivity index (χ3n) is 2.98. The van der Waals surface area contributed by atoms with Crippen molar-refractivity contribution in [2.75, 3.05) is 0 Å². The van der Waals surface area contributed by atoms with Crippen molar-refractivity contribution in [3.05, 3.63) is 38.7 Å². The SMILES string of the molecule is CC(C)C(NS(=O)(=O)c1ccsc1CN)c1cccs1. The van der Waals surface area contributed by atoms with Gasteiger partial charge in [0.05, 0.1) is 10.9 Å². The van der Waals surface area contributed by atoms with Crippen LogP contribution in [-0.4, -0.2) is 8.42 Å². The van der Waals surface area contributed by atoms with Gasteiger partial charge in [-0.3, -0.25) is 0 Å². The van der Waals surface area contributed by atoms with E-state index in [-0.39, 0.29) is 18.5 Å². The number of thiophene rings is 2. The summed E-state index contributed by atoms with van der Waals surface area (Å²) in [5.74, 6) is 0.170. The van der Waals surface area contributed by atoms with Gasteiger partial charge in [-0.05, 0) is 28.8 Å². The highest BCUT2D eigenvalue weighted by Gasteiger charge is 2.26. The Kier molecular flexibility index (Phi) is 4.98. The first kappa shape index (κ1) is 15.7. The first-order valence-electron chi connectivity index (χ1n) is 6.28. The van der Waals surface area contributed by atoms with Crippen LogP contribution >= 0.6 is 22.7 Å². The maximum absolute atomic E-state index is 12.5. The third kappa shape index (κ3) is 3.29. The first-order chi connectivity index (χ1) is 9.45. The van der Waals surface area contributed by atoms with Gasteiger partial charge >= 0.3 is 0 Å². The average molecular weight is 330 g/mol. The van der Waals surface area contributed by atoms with Crippen LogP contribution in [0.1, 0.15) is 29.6 Å². The molecule has 1 unspecified atom stereocenters. The van der Waals surface area contributed by atoms with Crippen molar-refractivity contribution < 1.29 is 8.42 Å². The van der Waals surface area contributed by atoms with E-state index in [1.165, 1.54) is 11.3 Å². The van der Waals surface area contributed by atoms with Gasteiger partial charge in [-0.15, -0.1) is 22.7 Å². The highest BCUT2D eigenvalue weighted by atomic mass is 32.2. The van der Waals surface area contributed by atoms with E-state index in [4.69, 9.17) is 5.73 Å². The van der Waals surface area contributed by atoms with Gasteiger partial charge in [0.1, 0.15) is 0 Å². The molecule has 0 aliphatic rings. The molecule has 3 N–H and O–H groups in total. The average Bonchev–Trinajstić information content (AvgIpc) is 3.06. The Hall–Kier alpha value is -0.730. The second-order valence-electron chi connectivity index (χ2n) is 4.77. The fraction of sp³-hybridized carbons (Fsp3) is 0.385. The standard InChI is InChI=1S/C13H18N2O2S3/c1-9(2)13(10-4-3-6-18-10)15-20(16,17)12-5-7-19-11(12)8-14/h3-7,9,13,15H,8,14H2,1-2H3. The lowest BCUT2D eigenvalue weighted by atomic mass is 10.0. The van der Waals surface area contributed by atoms with Gasteiger partial charge in [0.15, 0.2) is 0 Å². The molecular formula is C13H18N2O2S3. The summed E-state index contributed by atoms with van der Waals surface area (Å²) in [5, 5.41) is 3.71. The highest BCUT2D eigenvalue weighted by Crippen LogP contribution is 2.29. The van der Waals surface area contributed by atoms with Gasteiger partial charge in [0.2, 0.25) is 10.0 Å². The molecule has 0 amide bonds. The molecule has 0 saturated carbocycles. The molecule has 0 radical (unpaired) electrons. The number of rotatable bonds is 6. The number of hydrogen-bond acceptors (Lipinski definition) is 5. The minimum Gasteiger partial charge on any atom is -0.326 e. The van der Waals surface area contributed by atoms with Gasteiger partial charge < -0.3 is 5.73 Å². The summed E-state index contributed by atoms with van der Waals surface area (Å²) in [6.07, 6.45) is 0. The van der Waals surface area contributed by atoms with E-state index >= 15 is 0 Å². The summed E-state index contributed by atoms with van der Waals surface area (Å²) in [7, 11) is -3.54. The molecule has 0 bridgehead atoms. The van der Waals surface area contributed by atoms with Crippen molar-refractivity contribution in [3.8, 4) is 0 Å². The molecule has 0 saturated heterocycles. The molecule has 1 atom stereocenters. The Morgan fingerprint density at radius 2 is 2.00 bits per heavy atom. The number of sulfonamides is 1. The van der Waals surface area contributed by atoms with E-state index in [0.717, 1.165) is 4.88 Å². The van der Waals surface area contributed by atoms with E-state index in [1.807, 2.05) is 31.4 Å². The molecule has 110 valence electrons. The maximum Gasteiger partial charge on any atom is 0.242 e. The summed E-state index contributed by atoms with van der Waals surface area (Å²) < 4.78 is 27.9. The topological polar surface area (TPSA) is 72.2 Å². The largest absolute Gasteiger partial charge is 0.326 e. The van der Waals surface area contributed by atoms with Crippen LogP contribution in [0.3, 0.4) is 0 Å². The van der Waals surface area contributed by atoms with Crippen LogP contribution < -0.4 is 10.5 Å². The smallest absolute Gasteiger partial charge is 0.242 e. The van der Waals surface area contributed by atoms with Crippen molar-refractivity contribution in [2.24, 2.45) is 11.7 Å². The molecule has 0 aliphatic carbocycles. The Morgan fingerprint density at radius 1 is 1.25 bits per heavy atom. The molecule has 2 rings (SSSR count). The zero-order chi connectivity index (χ0) is 14.8. The Morgan fingerprint density at radius 3 is 2.55 bits per heavy atom. The summed E-state index contributed by atoms with van der Waals surface area (Å²) in [6, 6.07) is 5.28. The molecule has 0 aliphatic heterocycles. The molecule has 0 aromatic carbocycles. The highest BCUT2D eigenvalue weighted by molar-refractivity contribution is 7.89. The van der Waals surface area contributed by atoms with Gasteiger partial charge in [-0.25, -0.2) is 13.1 Å². The van der Waals surface area contributed by atoms with Crippen molar-refractivity contribution in [2.45, 2.75) is 31.3 Å². The fourth-order valence-electron chi connectivity index (χ4n) is 1.94. The van der Waals surface area contributed by atoms with Crippen LogP contribution in [0.4, 0.5) is 0 Å². The van der Waals surface area contributed by atoms with Crippen LogP contribution in [0, 0.1) is 5.92 Å². The van der Waals surface area contributed by atoms with Crippen LogP contribution in [0.15, 0.2) is 33.9 Å². The van der Waals surface area contributed by atoms with E-state index in [0.29, 0.717) is 9.77 Å². The maximum atomic E-state index is 12.5. The molecule has 2 aromatic rings. The molecule has 20 heavy (non-hydrogen) atoms. The number of hydrogen-bond donors (Lipinski definition) is 2. The van der Waals surface area contributed by atoms with E-state index in [9.17, 15) is 8.42 Å². The normalized spacial score (nSPS) is 13.8. The molecule has 4 nitrogen and oxygen atoms in total. The van der Waals surface area contributed by atoms with Crippen molar-refractivity contribution >= 4 is 32.7 Å². The molecule has 2 aromatic heterocycles. The van der Waals surface area contributed by atoms with Crippen molar-refractivity contribution in [1.82, 2.24) is 4.72 Å². The molecule has 0 fully saturated rings. The predicted molar refractivity (Wildman–Crippen MR) is 84.4 cm³/mol. The summed E-state index contributed by atoms with van der Waals surface area (Å²) in [6.45, 7) is 4.24. The lowest BCUT2D eigenvalue weighted by Crippen LogP contribution is -2.31. The monoisotopic (exact) mass is 330 g/mol. The van der Waals surface area contributed by atoms with Crippen LogP contribution in [0.2, 0.25) is 0 Å². The van der Waals surface area contributed by atoms with Crippen molar-refractivity contribution in [1.29, 1.82) is 0 Å². The lowest BCUT2D eigenvalue weighted by molar-refractivity contribution is 0.468. The molecule has 2 heterocycles. The van der Waals surface area contributed by atoms with Gasteiger partial charge in [-0.2, -0.15) is 0 Å².